The molecule has 0 aliphatic carbocycles. The van der Waals surface area contributed by atoms with Gasteiger partial charge in [-0.25, -0.2) is 0 Å². The molecule has 0 fully saturated rings. The first-order valence-corrected chi connectivity index (χ1v) is 3.33. The van der Waals surface area contributed by atoms with Crippen LogP contribution in [0.1, 0.15) is 6.92 Å². The molecule has 12 heavy (non-hydrogen) atoms. The third kappa shape index (κ3) is 5.96. The molecular formula is C6H10F3NO2. The lowest BCUT2D eigenvalue weighted by atomic mass is 10.2. The van der Waals surface area contributed by atoms with Gasteiger partial charge in [0.25, 0.3) is 0 Å². The second-order valence-corrected chi connectivity index (χ2v) is 2.49. The molecule has 0 bridgehead atoms. The Labute approximate surface area is 67.6 Å². The summed E-state index contributed by atoms with van der Waals surface area (Å²) >= 11 is 0. The highest BCUT2D eigenvalue weighted by molar-refractivity contribution is 5.69. The minimum atomic E-state index is -4.28. The van der Waals surface area contributed by atoms with E-state index in [4.69, 9.17) is 5.11 Å². The van der Waals surface area contributed by atoms with Crippen molar-refractivity contribution in [3.8, 4) is 0 Å². The molecule has 0 amide bonds. The van der Waals surface area contributed by atoms with Crippen molar-refractivity contribution in [3.63, 3.8) is 0 Å². The lowest BCUT2D eigenvalue weighted by Gasteiger charge is -2.09. The highest BCUT2D eigenvalue weighted by Crippen LogP contribution is 2.12. The summed E-state index contributed by atoms with van der Waals surface area (Å²) in [6, 6.07) is 0. The van der Waals surface area contributed by atoms with E-state index in [0.29, 0.717) is 0 Å². The zero-order chi connectivity index (χ0) is 9.78. The smallest absolute Gasteiger partial charge is 0.401 e. The highest BCUT2D eigenvalue weighted by atomic mass is 19.4. The van der Waals surface area contributed by atoms with Crippen molar-refractivity contribution in [1.29, 1.82) is 0 Å². The van der Waals surface area contributed by atoms with Gasteiger partial charge in [0.2, 0.25) is 0 Å². The zero-order valence-corrected chi connectivity index (χ0v) is 6.48. The Morgan fingerprint density at radius 2 is 2.08 bits per heavy atom. The molecule has 72 valence electrons. The van der Waals surface area contributed by atoms with Gasteiger partial charge in [-0.1, -0.05) is 6.92 Å². The van der Waals surface area contributed by atoms with Crippen LogP contribution >= 0.6 is 0 Å². The number of rotatable bonds is 4. The molecule has 2 N–H and O–H groups in total. The molecule has 0 saturated heterocycles. The molecule has 0 radical (unpaired) electrons. The van der Waals surface area contributed by atoms with Crippen molar-refractivity contribution >= 4 is 5.97 Å². The Bertz CT molecular complexity index is 157. The first-order chi connectivity index (χ1) is 5.33. The number of hydrogen-bond acceptors (Lipinski definition) is 2. The fraction of sp³-hybridized carbons (Fsp3) is 0.833. The van der Waals surface area contributed by atoms with Crippen LogP contribution in [0.4, 0.5) is 13.2 Å². The SMILES string of the molecule is CC(CNCC(F)(F)F)C(=O)O. The third-order valence-electron chi connectivity index (χ3n) is 1.20. The van der Waals surface area contributed by atoms with E-state index in [9.17, 15) is 18.0 Å². The van der Waals surface area contributed by atoms with Gasteiger partial charge in [-0.05, 0) is 0 Å². The molecule has 0 aliphatic rings. The Kier molecular flexibility index (Phi) is 4.02. The van der Waals surface area contributed by atoms with Crippen LogP contribution < -0.4 is 5.32 Å². The van der Waals surface area contributed by atoms with Crippen LogP contribution in [0.5, 0.6) is 0 Å². The fourth-order valence-electron chi connectivity index (χ4n) is 0.518. The van der Waals surface area contributed by atoms with E-state index in [1.54, 1.807) is 0 Å². The van der Waals surface area contributed by atoms with E-state index in [2.05, 4.69) is 0 Å². The predicted octanol–water partition coefficient (Wildman–Crippen LogP) is 0.859. The Balaban J connectivity index is 3.51. The number of carboxylic acids is 1. The van der Waals surface area contributed by atoms with Gasteiger partial charge in [-0.2, -0.15) is 13.2 Å². The Morgan fingerprint density at radius 1 is 1.58 bits per heavy atom. The van der Waals surface area contributed by atoms with Gasteiger partial charge in [0.15, 0.2) is 0 Å². The minimum absolute atomic E-state index is 0.172. The van der Waals surface area contributed by atoms with Crippen LogP contribution in [-0.4, -0.2) is 30.3 Å². The number of nitrogens with one attached hydrogen (secondary N) is 1. The standard InChI is InChI=1S/C6H10F3NO2/c1-4(5(11)12)2-10-3-6(7,8)9/h4,10H,2-3H2,1H3,(H,11,12). The monoisotopic (exact) mass is 185 g/mol. The van der Waals surface area contributed by atoms with Crippen LogP contribution in [0.3, 0.4) is 0 Å². The Morgan fingerprint density at radius 3 is 2.42 bits per heavy atom. The fourth-order valence-corrected chi connectivity index (χ4v) is 0.518. The first-order valence-electron chi connectivity index (χ1n) is 3.33. The second-order valence-electron chi connectivity index (χ2n) is 2.49. The number of carbonyl (C=O) groups is 1. The lowest BCUT2D eigenvalue weighted by molar-refractivity contribution is -0.142. The lowest BCUT2D eigenvalue weighted by Crippen LogP contribution is -2.34. The summed E-state index contributed by atoms with van der Waals surface area (Å²) in [6.45, 7) is 0.0190. The molecule has 0 heterocycles. The van der Waals surface area contributed by atoms with Crippen molar-refractivity contribution in [2.45, 2.75) is 13.1 Å². The number of carboxylic acid groups (broad SMARTS) is 1. The summed E-state index contributed by atoms with van der Waals surface area (Å²) in [4.78, 5) is 10.1. The number of hydrogen-bond donors (Lipinski definition) is 2. The van der Waals surface area contributed by atoms with E-state index in [0.717, 1.165) is 0 Å². The molecule has 0 spiro atoms. The molecule has 0 saturated carbocycles. The van der Waals surface area contributed by atoms with E-state index < -0.39 is 24.6 Å². The maximum Gasteiger partial charge on any atom is 0.401 e. The molecule has 0 aromatic rings. The number of aliphatic carboxylic acids is 1. The van der Waals surface area contributed by atoms with Crippen LogP contribution in [0.15, 0.2) is 0 Å². The highest BCUT2D eigenvalue weighted by Gasteiger charge is 2.26. The molecule has 1 unspecified atom stereocenters. The summed E-state index contributed by atoms with van der Waals surface area (Å²) in [6.07, 6.45) is -4.28. The first kappa shape index (κ1) is 11.2. The van der Waals surface area contributed by atoms with Crippen molar-refractivity contribution in [2.75, 3.05) is 13.1 Å². The minimum Gasteiger partial charge on any atom is -0.481 e. The van der Waals surface area contributed by atoms with E-state index in [-0.39, 0.29) is 6.54 Å². The summed E-state index contributed by atoms with van der Waals surface area (Å²) < 4.78 is 34.5. The topological polar surface area (TPSA) is 49.3 Å². The quantitative estimate of drug-likeness (QED) is 0.682. The number of alkyl halides is 3. The van der Waals surface area contributed by atoms with E-state index >= 15 is 0 Å². The largest absolute Gasteiger partial charge is 0.481 e. The van der Waals surface area contributed by atoms with Gasteiger partial charge in [0.05, 0.1) is 12.5 Å². The molecular weight excluding hydrogens is 175 g/mol. The predicted molar refractivity (Wildman–Crippen MR) is 35.7 cm³/mol. The van der Waals surface area contributed by atoms with Gasteiger partial charge in [-0.15, -0.1) is 0 Å². The van der Waals surface area contributed by atoms with Crippen LogP contribution in [0, 0.1) is 5.92 Å². The molecule has 0 aliphatic heterocycles. The van der Waals surface area contributed by atoms with Crippen molar-refractivity contribution < 1.29 is 23.1 Å². The van der Waals surface area contributed by atoms with Gasteiger partial charge in [0, 0.05) is 6.54 Å². The summed E-state index contributed by atoms with van der Waals surface area (Å²) in [7, 11) is 0. The molecule has 6 heteroatoms. The average Bonchev–Trinajstić information content (AvgIpc) is 1.84. The normalized spacial score (nSPS) is 14.3. The van der Waals surface area contributed by atoms with Crippen molar-refractivity contribution in [1.82, 2.24) is 5.32 Å². The molecule has 0 aromatic heterocycles. The van der Waals surface area contributed by atoms with Crippen molar-refractivity contribution in [2.24, 2.45) is 5.92 Å². The van der Waals surface area contributed by atoms with Gasteiger partial charge in [0.1, 0.15) is 0 Å². The van der Waals surface area contributed by atoms with E-state index in [1.807, 2.05) is 5.32 Å². The van der Waals surface area contributed by atoms with Crippen LogP contribution in [-0.2, 0) is 4.79 Å². The van der Waals surface area contributed by atoms with Gasteiger partial charge >= 0.3 is 12.1 Å². The maximum atomic E-state index is 11.5. The Hall–Kier alpha value is -0.780. The van der Waals surface area contributed by atoms with Crippen molar-refractivity contribution in [3.05, 3.63) is 0 Å². The van der Waals surface area contributed by atoms with Gasteiger partial charge in [-0.3, -0.25) is 4.79 Å². The maximum absolute atomic E-state index is 11.5. The number of halogens is 3. The molecule has 0 aromatic carbocycles. The summed E-state index contributed by atoms with van der Waals surface area (Å²) in [5.41, 5.74) is 0. The van der Waals surface area contributed by atoms with Gasteiger partial charge < -0.3 is 10.4 Å². The third-order valence-corrected chi connectivity index (χ3v) is 1.20. The molecule has 3 nitrogen and oxygen atoms in total. The van der Waals surface area contributed by atoms with Crippen LogP contribution in [0.2, 0.25) is 0 Å². The molecule has 1 atom stereocenters. The van der Waals surface area contributed by atoms with Crippen LogP contribution in [0.25, 0.3) is 0 Å². The second kappa shape index (κ2) is 4.30. The average molecular weight is 185 g/mol. The molecule has 0 rings (SSSR count). The summed E-state index contributed by atoms with van der Waals surface area (Å²) in [5.74, 6) is -1.91. The zero-order valence-electron chi connectivity index (χ0n) is 6.48. The summed E-state index contributed by atoms with van der Waals surface area (Å²) in [5, 5.41) is 10.3. The van der Waals surface area contributed by atoms with E-state index in [1.165, 1.54) is 6.92 Å².